The number of hydrogen-bond acceptors (Lipinski definition) is 2. The Morgan fingerprint density at radius 1 is 1.29 bits per heavy atom. The van der Waals surface area contributed by atoms with Gasteiger partial charge in [0.1, 0.15) is 5.75 Å². The number of halogens is 2. The zero-order chi connectivity index (χ0) is 15.2. The molecule has 2 aromatic rings. The van der Waals surface area contributed by atoms with Crippen molar-refractivity contribution in [1.29, 1.82) is 0 Å². The second kappa shape index (κ2) is 7.48. The van der Waals surface area contributed by atoms with Crippen LogP contribution in [0.25, 0.3) is 0 Å². The van der Waals surface area contributed by atoms with Crippen molar-refractivity contribution in [2.75, 3.05) is 12.4 Å². The molecule has 0 atom stereocenters. The maximum absolute atomic E-state index is 12.0. The first-order valence-corrected chi connectivity index (χ1v) is 7.64. The summed E-state index contributed by atoms with van der Waals surface area (Å²) in [5, 5.41) is 3.43. The Morgan fingerprint density at radius 3 is 2.71 bits per heavy atom. The quantitative estimate of drug-likeness (QED) is 0.832. The van der Waals surface area contributed by atoms with E-state index in [4.69, 9.17) is 16.3 Å². The number of hydrogen-bond donors (Lipinski definition) is 1. The molecule has 0 aromatic heterocycles. The Kier molecular flexibility index (Phi) is 5.65. The summed E-state index contributed by atoms with van der Waals surface area (Å²) in [6.07, 6.45) is 1.02. The van der Waals surface area contributed by atoms with E-state index in [9.17, 15) is 4.79 Å². The van der Waals surface area contributed by atoms with Crippen molar-refractivity contribution in [3.8, 4) is 5.75 Å². The highest BCUT2D eigenvalue weighted by Crippen LogP contribution is 2.25. The molecule has 0 saturated heterocycles. The van der Waals surface area contributed by atoms with E-state index >= 15 is 0 Å². The molecule has 0 aliphatic carbocycles. The maximum Gasteiger partial charge on any atom is 0.224 e. The lowest BCUT2D eigenvalue weighted by molar-refractivity contribution is -0.116. The summed E-state index contributed by atoms with van der Waals surface area (Å²) >= 11 is 9.46. The molecule has 21 heavy (non-hydrogen) atoms. The van der Waals surface area contributed by atoms with Crippen molar-refractivity contribution < 1.29 is 9.53 Å². The average molecular weight is 369 g/mol. The number of benzene rings is 2. The van der Waals surface area contributed by atoms with Crippen LogP contribution in [0.2, 0.25) is 5.02 Å². The zero-order valence-electron chi connectivity index (χ0n) is 11.5. The molecule has 0 radical (unpaired) electrons. The zero-order valence-corrected chi connectivity index (χ0v) is 13.9. The van der Waals surface area contributed by atoms with Crippen molar-refractivity contribution in [3.05, 3.63) is 57.5 Å². The molecule has 0 saturated carbocycles. The first-order valence-electron chi connectivity index (χ1n) is 6.47. The Balaban J connectivity index is 1.92. The molecule has 2 rings (SSSR count). The second-order valence-electron chi connectivity index (χ2n) is 4.50. The first-order chi connectivity index (χ1) is 10.1. The van der Waals surface area contributed by atoms with E-state index in [-0.39, 0.29) is 5.91 Å². The molecule has 0 fully saturated rings. The molecule has 0 aliphatic rings. The van der Waals surface area contributed by atoms with Crippen LogP contribution in [0.4, 0.5) is 5.69 Å². The van der Waals surface area contributed by atoms with Crippen LogP contribution in [-0.4, -0.2) is 13.0 Å². The lowest BCUT2D eigenvalue weighted by atomic mass is 10.1. The summed E-state index contributed by atoms with van der Waals surface area (Å²) in [7, 11) is 1.58. The number of rotatable bonds is 5. The molecule has 0 bridgehead atoms. The number of methoxy groups -OCH3 is 1. The SMILES string of the molecule is COc1ccc(CCC(=O)Nc2ccccc2Br)cc1Cl. The first kappa shape index (κ1) is 15.9. The highest BCUT2D eigenvalue weighted by Gasteiger charge is 2.07. The number of ether oxygens (including phenoxy) is 1. The van der Waals surface area contributed by atoms with E-state index < -0.39 is 0 Å². The van der Waals surface area contributed by atoms with Gasteiger partial charge in [0.05, 0.1) is 17.8 Å². The van der Waals surface area contributed by atoms with Crippen LogP contribution in [0, 0.1) is 0 Å². The van der Waals surface area contributed by atoms with Crippen LogP contribution in [-0.2, 0) is 11.2 Å². The van der Waals surface area contributed by atoms with E-state index in [0.717, 1.165) is 15.7 Å². The van der Waals surface area contributed by atoms with Gasteiger partial charge in [-0.3, -0.25) is 4.79 Å². The summed E-state index contributed by atoms with van der Waals surface area (Å²) < 4.78 is 5.97. The predicted octanol–water partition coefficient (Wildman–Crippen LogP) is 4.68. The third kappa shape index (κ3) is 4.48. The van der Waals surface area contributed by atoms with E-state index in [1.165, 1.54) is 0 Å². The Bertz CT molecular complexity index is 646. The molecule has 3 nitrogen and oxygen atoms in total. The monoisotopic (exact) mass is 367 g/mol. The Labute approximate surface area is 137 Å². The van der Waals surface area contributed by atoms with Crippen molar-refractivity contribution in [2.24, 2.45) is 0 Å². The average Bonchev–Trinajstić information content (AvgIpc) is 2.48. The van der Waals surface area contributed by atoms with Crippen molar-refractivity contribution >= 4 is 39.1 Å². The fraction of sp³-hybridized carbons (Fsp3) is 0.188. The van der Waals surface area contributed by atoms with Gasteiger partial charge in [0, 0.05) is 10.9 Å². The molecule has 110 valence electrons. The van der Waals surface area contributed by atoms with Gasteiger partial charge in [0.25, 0.3) is 0 Å². The number of para-hydroxylation sites is 1. The lowest BCUT2D eigenvalue weighted by Gasteiger charge is -2.08. The van der Waals surface area contributed by atoms with Crippen LogP contribution >= 0.6 is 27.5 Å². The normalized spacial score (nSPS) is 10.2. The second-order valence-corrected chi connectivity index (χ2v) is 5.76. The topological polar surface area (TPSA) is 38.3 Å². The largest absolute Gasteiger partial charge is 0.495 e. The Hall–Kier alpha value is -1.52. The molecule has 2 aromatic carbocycles. The summed E-state index contributed by atoms with van der Waals surface area (Å²) in [6.45, 7) is 0. The third-order valence-electron chi connectivity index (χ3n) is 3.00. The van der Waals surface area contributed by atoms with E-state index in [1.807, 2.05) is 42.5 Å². The summed E-state index contributed by atoms with van der Waals surface area (Å²) in [5.41, 5.74) is 1.78. The van der Waals surface area contributed by atoms with Gasteiger partial charge in [0.2, 0.25) is 5.91 Å². The van der Waals surface area contributed by atoms with Crippen molar-refractivity contribution in [3.63, 3.8) is 0 Å². The van der Waals surface area contributed by atoms with Crippen LogP contribution in [0.15, 0.2) is 46.9 Å². The highest BCUT2D eigenvalue weighted by molar-refractivity contribution is 9.10. The van der Waals surface area contributed by atoms with Crippen molar-refractivity contribution in [2.45, 2.75) is 12.8 Å². The van der Waals surface area contributed by atoms with E-state index in [0.29, 0.717) is 23.6 Å². The van der Waals surface area contributed by atoms with Crippen LogP contribution in [0.5, 0.6) is 5.75 Å². The number of amides is 1. The lowest BCUT2D eigenvalue weighted by Crippen LogP contribution is -2.12. The summed E-state index contributed by atoms with van der Waals surface area (Å²) in [5.74, 6) is 0.604. The van der Waals surface area contributed by atoms with Crippen LogP contribution in [0.1, 0.15) is 12.0 Å². The van der Waals surface area contributed by atoms with Crippen molar-refractivity contribution in [1.82, 2.24) is 0 Å². The van der Waals surface area contributed by atoms with Gasteiger partial charge < -0.3 is 10.1 Å². The highest BCUT2D eigenvalue weighted by atomic mass is 79.9. The third-order valence-corrected chi connectivity index (χ3v) is 3.99. The predicted molar refractivity (Wildman–Crippen MR) is 89.1 cm³/mol. The smallest absolute Gasteiger partial charge is 0.224 e. The molecule has 1 amide bonds. The molecular weight excluding hydrogens is 354 g/mol. The van der Waals surface area contributed by atoms with Gasteiger partial charge >= 0.3 is 0 Å². The maximum atomic E-state index is 12.0. The molecule has 0 aliphatic heterocycles. The fourth-order valence-corrected chi connectivity index (χ4v) is 2.56. The van der Waals surface area contributed by atoms with Gasteiger partial charge in [-0.25, -0.2) is 0 Å². The van der Waals surface area contributed by atoms with Crippen LogP contribution < -0.4 is 10.1 Å². The van der Waals surface area contributed by atoms with Gasteiger partial charge in [-0.15, -0.1) is 0 Å². The molecular formula is C16H15BrClNO2. The van der Waals surface area contributed by atoms with E-state index in [2.05, 4.69) is 21.2 Å². The van der Waals surface area contributed by atoms with Gasteiger partial charge in [0.15, 0.2) is 0 Å². The summed E-state index contributed by atoms with van der Waals surface area (Å²) in [6, 6.07) is 13.1. The molecule has 0 spiro atoms. The Morgan fingerprint density at radius 2 is 2.05 bits per heavy atom. The number of anilines is 1. The number of aryl methyl sites for hydroxylation is 1. The minimum Gasteiger partial charge on any atom is -0.495 e. The standard InChI is InChI=1S/C16H15BrClNO2/c1-21-15-8-6-11(10-13(15)18)7-9-16(20)19-14-5-3-2-4-12(14)17/h2-6,8,10H,7,9H2,1H3,(H,19,20). The number of carbonyl (C=O) groups is 1. The van der Waals surface area contributed by atoms with Crippen LogP contribution in [0.3, 0.4) is 0 Å². The molecule has 0 unspecified atom stereocenters. The minimum absolute atomic E-state index is 0.0335. The molecule has 1 N–H and O–H groups in total. The number of nitrogens with one attached hydrogen (secondary N) is 1. The van der Waals surface area contributed by atoms with E-state index in [1.54, 1.807) is 7.11 Å². The minimum atomic E-state index is -0.0335. The van der Waals surface area contributed by atoms with Gasteiger partial charge in [-0.05, 0) is 52.2 Å². The summed E-state index contributed by atoms with van der Waals surface area (Å²) in [4.78, 5) is 12.0. The van der Waals surface area contributed by atoms with Gasteiger partial charge in [-0.1, -0.05) is 29.8 Å². The number of carbonyl (C=O) groups excluding carboxylic acids is 1. The molecule has 0 heterocycles. The fourth-order valence-electron chi connectivity index (χ4n) is 1.90. The van der Waals surface area contributed by atoms with Gasteiger partial charge in [-0.2, -0.15) is 0 Å². The molecule has 5 heteroatoms.